The van der Waals surface area contributed by atoms with Crippen LogP contribution in [0.4, 0.5) is 0 Å². The second kappa shape index (κ2) is 7.47. The van der Waals surface area contributed by atoms with E-state index in [4.69, 9.17) is 5.73 Å². The zero-order valence-corrected chi connectivity index (χ0v) is 13.9. The van der Waals surface area contributed by atoms with Gasteiger partial charge in [-0.25, -0.2) is 0 Å². The molecule has 1 heterocycles. The summed E-state index contributed by atoms with van der Waals surface area (Å²) in [4.78, 5) is 12.5. The molecule has 6 heteroatoms. The first-order valence-electron chi connectivity index (χ1n) is 8.24. The van der Waals surface area contributed by atoms with Crippen molar-refractivity contribution in [1.82, 2.24) is 15.5 Å². The zero-order chi connectivity index (χ0) is 14.7. The Morgan fingerprint density at radius 3 is 2.86 bits per heavy atom. The average molecular weight is 327 g/mol. The van der Waals surface area contributed by atoms with Crippen LogP contribution in [0.25, 0.3) is 0 Å². The van der Waals surface area contributed by atoms with Crippen molar-refractivity contribution in [2.75, 3.05) is 6.54 Å². The monoisotopic (exact) mass is 326 g/mol. The molecule has 3 rings (SSSR count). The number of hydrogen-bond donors (Lipinski definition) is 3. The molecule has 1 aromatic rings. The summed E-state index contributed by atoms with van der Waals surface area (Å²) in [5, 5.41) is 10.4. The summed E-state index contributed by atoms with van der Waals surface area (Å²) in [6.45, 7) is 0.625. The van der Waals surface area contributed by atoms with Gasteiger partial charge in [-0.15, -0.1) is 12.4 Å². The number of aryl methyl sites for hydroxylation is 1. The number of fused-ring (bicyclic) bond motifs is 1. The van der Waals surface area contributed by atoms with E-state index < -0.39 is 0 Å². The fourth-order valence-corrected chi connectivity index (χ4v) is 3.95. The maximum atomic E-state index is 12.5. The third kappa shape index (κ3) is 3.63. The summed E-state index contributed by atoms with van der Waals surface area (Å²) >= 11 is 0. The van der Waals surface area contributed by atoms with Crippen LogP contribution >= 0.6 is 12.4 Å². The third-order valence-electron chi connectivity index (χ3n) is 5.26. The van der Waals surface area contributed by atoms with E-state index in [-0.39, 0.29) is 29.8 Å². The van der Waals surface area contributed by atoms with Crippen molar-refractivity contribution in [3.63, 3.8) is 0 Å². The Hall–Kier alpha value is -1.07. The van der Waals surface area contributed by atoms with E-state index in [2.05, 4.69) is 15.5 Å². The molecule has 1 unspecified atom stereocenters. The second-order valence-corrected chi connectivity index (χ2v) is 6.76. The van der Waals surface area contributed by atoms with Crippen LogP contribution in [0.3, 0.4) is 0 Å². The molecule has 0 bridgehead atoms. The number of carbonyl (C=O) groups excluding carboxylic acids is 1. The molecule has 0 aromatic carbocycles. The molecule has 0 aliphatic heterocycles. The molecule has 5 nitrogen and oxygen atoms in total. The maximum absolute atomic E-state index is 12.5. The van der Waals surface area contributed by atoms with Gasteiger partial charge in [-0.3, -0.25) is 9.89 Å². The Morgan fingerprint density at radius 1 is 1.36 bits per heavy atom. The Morgan fingerprint density at radius 2 is 2.14 bits per heavy atom. The number of aromatic amines is 1. The van der Waals surface area contributed by atoms with Gasteiger partial charge < -0.3 is 11.1 Å². The van der Waals surface area contributed by atoms with Crippen molar-refractivity contribution in [2.24, 2.45) is 11.1 Å². The molecular formula is C16H27ClN4O. The molecule has 1 fully saturated rings. The van der Waals surface area contributed by atoms with Crippen molar-refractivity contribution >= 4 is 18.3 Å². The molecule has 1 aromatic heterocycles. The first-order valence-corrected chi connectivity index (χ1v) is 8.24. The maximum Gasteiger partial charge on any atom is 0.221 e. The lowest BCUT2D eigenvalue weighted by Crippen LogP contribution is -2.40. The number of amides is 1. The number of H-pyrrole nitrogens is 1. The Bertz CT molecular complexity index is 496. The molecular weight excluding hydrogens is 300 g/mol. The first-order chi connectivity index (χ1) is 10.2. The fourth-order valence-electron chi connectivity index (χ4n) is 3.95. The van der Waals surface area contributed by atoms with Gasteiger partial charge in [0.15, 0.2) is 0 Å². The highest BCUT2D eigenvalue weighted by atomic mass is 35.5. The van der Waals surface area contributed by atoms with E-state index in [1.807, 2.05) is 6.20 Å². The third-order valence-corrected chi connectivity index (χ3v) is 5.26. The van der Waals surface area contributed by atoms with Crippen LogP contribution in [0.15, 0.2) is 6.20 Å². The van der Waals surface area contributed by atoms with Crippen LogP contribution in [0.1, 0.15) is 68.7 Å². The summed E-state index contributed by atoms with van der Waals surface area (Å²) in [6, 6.07) is 0.0992. The molecule has 124 valence electrons. The molecule has 2 aliphatic rings. The molecule has 22 heavy (non-hydrogen) atoms. The van der Waals surface area contributed by atoms with E-state index in [0.717, 1.165) is 37.8 Å². The highest BCUT2D eigenvalue weighted by molar-refractivity contribution is 5.85. The quantitative estimate of drug-likeness (QED) is 0.795. The summed E-state index contributed by atoms with van der Waals surface area (Å²) in [6.07, 6.45) is 11.5. The van der Waals surface area contributed by atoms with Gasteiger partial charge >= 0.3 is 0 Å². The lowest BCUT2D eigenvalue weighted by atomic mass is 9.71. The van der Waals surface area contributed by atoms with Crippen molar-refractivity contribution in [3.05, 3.63) is 17.5 Å². The zero-order valence-electron chi connectivity index (χ0n) is 13.1. The van der Waals surface area contributed by atoms with Gasteiger partial charge in [-0.05, 0) is 49.6 Å². The van der Waals surface area contributed by atoms with Crippen molar-refractivity contribution < 1.29 is 4.79 Å². The molecule has 4 N–H and O–H groups in total. The lowest BCUT2D eigenvalue weighted by molar-refractivity contribution is -0.124. The Balaban J connectivity index is 0.00000176. The number of nitrogens with one attached hydrogen (secondary N) is 2. The van der Waals surface area contributed by atoms with Crippen molar-refractivity contribution in [3.8, 4) is 0 Å². The van der Waals surface area contributed by atoms with Gasteiger partial charge in [0.25, 0.3) is 0 Å². The molecule has 2 aliphatic carbocycles. The number of halogens is 1. The van der Waals surface area contributed by atoms with E-state index in [0.29, 0.717) is 13.0 Å². The molecule has 0 radical (unpaired) electrons. The molecule has 0 saturated heterocycles. The minimum atomic E-state index is 0. The Labute approximate surface area is 138 Å². The largest absolute Gasteiger partial charge is 0.348 e. The number of carbonyl (C=O) groups is 1. The molecule has 1 saturated carbocycles. The van der Waals surface area contributed by atoms with Gasteiger partial charge in [0.2, 0.25) is 5.91 Å². The summed E-state index contributed by atoms with van der Waals surface area (Å²) in [5.41, 5.74) is 8.36. The van der Waals surface area contributed by atoms with Gasteiger partial charge in [0, 0.05) is 6.42 Å². The van der Waals surface area contributed by atoms with Crippen LogP contribution in [0.2, 0.25) is 0 Å². The van der Waals surface area contributed by atoms with Crippen LogP contribution in [0.5, 0.6) is 0 Å². The van der Waals surface area contributed by atoms with Gasteiger partial charge in [-0.2, -0.15) is 5.10 Å². The van der Waals surface area contributed by atoms with Crippen LogP contribution < -0.4 is 11.1 Å². The number of aromatic nitrogens is 2. The molecule has 1 amide bonds. The van der Waals surface area contributed by atoms with Crippen LogP contribution in [-0.4, -0.2) is 22.6 Å². The Kier molecular flexibility index (Phi) is 5.87. The van der Waals surface area contributed by atoms with Gasteiger partial charge in [-0.1, -0.05) is 19.3 Å². The van der Waals surface area contributed by atoms with Crippen molar-refractivity contribution in [2.45, 2.75) is 63.8 Å². The number of nitrogens with two attached hydrogens (primary N) is 1. The van der Waals surface area contributed by atoms with E-state index in [9.17, 15) is 4.79 Å². The van der Waals surface area contributed by atoms with E-state index >= 15 is 0 Å². The van der Waals surface area contributed by atoms with Gasteiger partial charge in [0.1, 0.15) is 0 Å². The van der Waals surface area contributed by atoms with Gasteiger partial charge in [0.05, 0.1) is 17.9 Å². The summed E-state index contributed by atoms with van der Waals surface area (Å²) in [7, 11) is 0. The second-order valence-electron chi connectivity index (χ2n) is 6.76. The van der Waals surface area contributed by atoms with Crippen LogP contribution in [0, 0.1) is 5.41 Å². The fraction of sp³-hybridized carbons (Fsp3) is 0.750. The van der Waals surface area contributed by atoms with Crippen molar-refractivity contribution in [1.29, 1.82) is 0 Å². The number of nitrogens with zero attached hydrogens (tertiary/aromatic N) is 1. The minimum absolute atomic E-state index is 0. The average Bonchev–Trinajstić information content (AvgIpc) is 2.98. The minimum Gasteiger partial charge on any atom is -0.348 e. The van der Waals surface area contributed by atoms with E-state index in [1.54, 1.807) is 0 Å². The normalized spacial score (nSPS) is 23.2. The SMILES string of the molecule is Cl.NCC1(CC(=O)NC2CCCc3cn[nH]c32)CCCCC1. The predicted molar refractivity (Wildman–Crippen MR) is 88.8 cm³/mol. The summed E-state index contributed by atoms with van der Waals surface area (Å²) < 4.78 is 0. The van der Waals surface area contributed by atoms with Crippen LogP contribution in [-0.2, 0) is 11.2 Å². The number of rotatable bonds is 4. The summed E-state index contributed by atoms with van der Waals surface area (Å²) in [5.74, 6) is 0.148. The molecule has 1 atom stereocenters. The predicted octanol–water partition coefficient (Wildman–Crippen LogP) is 2.62. The number of hydrogen-bond acceptors (Lipinski definition) is 3. The highest BCUT2D eigenvalue weighted by Gasteiger charge is 2.34. The highest BCUT2D eigenvalue weighted by Crippen LogP contribution is 2.38. The topological polar surface area (TPSA) is 83.8 Å². The lowest BCUT2D eigenvalue weighted by Gasteiger charge is -2.36. The first kappa shape index (κ1) is 17.3. The molecule has 0 spiro atoms. The van der Waals surface area contributed by atoms with E-state index in [1.165, 1.54) is 24.8 Å². The standard InChI is InChI=1S/C16H26N4O.ClH/c17-11-16(7-2-1-3-8-16)9-14(21)19-13-6-4-5-12-10-18-20-15(12)13;/h10,13H,1-9,11,17H2,(H,18,20)(H,19,21);1H. The smallest absolute Gasteiger partial charge is 0.221 e.